The summed E-state index contributed by atoms with van der Waals surface area (Å²) in [5.41, 5.74) is 0. The third kappa shape index (κ3) is 0.713. The van der Waals surface area contributed by atoms with Crippen molar-refractivity contribution < 1.29 is 13.2 Å². The van der Waals surface area contributed by atoms with Gasteiger partial charge in [0.1, 0.15) is 5.03 Å². The fraction of sp³-hybridized carbons (Fsp3) is 0.500. The van der Waals surface area contributed by atoms with E-state index in [1.165, 1.54) is 0 Å². The third-order valence-electron chi connectivity index (χ3n) is 1.14. The Balaban J connectivity index is 3.10. The van der Waals surface area contributed by atoms with Crippen molar-refractivity contribution in [1.29, 1.82) is 0 Å². The highest BCUT2D eigenvalue weighted by Gasteiger charge is 2.68. The second-order valence-electron chi connectivity index (χ2n) is 1.78. The van der Waals surface area contributed by atoms with Crippen LogP contribution < -0.4 is 0 Å². The Hall–Kier alpha value is 0.400. The van der Waals surface area contributed by atoms with Crippen molar-refractivity contribution >= 4 is 34.8 Å². The van der Waals surface area contributed by atoms with Crippen molar-refractivity contribution in [3.05, 3.63) is 10.9 Å². The molecule has 0 aromatic rings. The summed E-state index contributed by atoms with van der Waals surface area (Å²) in [4.78, 5) is 0. The molecule has 0 aliphatic heterocycles. The summed E-state index contributed by atoms with van der Waals surface area (Å²) in [6.45, 7) is 0. The van der Waals surface area contributed by atoms with Gasteiger partial charge in [0.05, 0.1) is 0 Å². The fourth-order valence-electron chi connectivity index (χ4n) is 0.489. The molecule has 1 aliphatic rings. The van der Waals surface area contributed by atoms with Gasteiger partial charge in [0.15, 0.2) is 5.83 Å². The normalized spacial score (nSPS) is 47.4. The van der Waals surface area contributed by atoms with Gasteiger partial charge in [0.25, 0.3) is 10.3 Å². The van der Waals surface area contributed by atoms with E-state index in [0.717, 1.165) is 0 Å². The molecular formula is C4Cl3F3. The number of halogens is 6. The van der Waals surface area contributed by atoms with Crippen molar-refractivity contribution in [3.8, 4) is 0 Å². The summed E-state index contributed by atoms with van der Waals surface area (Å²) in [6, 6.07) is 0. The zero-order chi connectivity index (χ0) is 8.15. The van der Waals surface area contributed by atoms with Crippen LogP contribution in [0.1, 0.15) is 0 Å². The molecule has 2 unspecified atom stereocenters. The van der Waals surface area contributed by atoms with Gasteiger partial charge in [-0.3, -0.25) is 0 Å². The Morgan fingerprint density at radius 3 is 1.60 bits per heavy atom. The molecule has 2 atom stereocenters. The van der Waals surface area contributed by atoms with Crippen LogP contribution in [0.3, 0.4) is 0 Å². The Morgan fingerprint density at radius 1 is 1.10 bits per heavy atom. The quantitative estimate of drug-likeness (QED) is 0.540. The van der Waals surface area contributed by atoms with Gasteiger partial charge in [-0.2, -0.15) is 0 Å². The van der Waals surface area contributed by atoms with Crippen LogP contribution in [0, 0.1) is 0 Å². The molecule has 0 aromatic heterocycles. The van der Waals surface area contributed by atoms with Crippen molar-refractivity contribution in [1.82, 2.24) is 0 Å². The van der Waals surface area contributed by atoms with Crippen LogP contribution >= 0.6 is 34.8 Å². The lowest BCUT2D eigenvalue weighted by atomic mass is 10.0. The summed E-state index contributed by atoms with van der Waals surface area (Å²) >= 11 is 14.2. The van der Waals surface area contributed by atoms with Gasteiger partial charge in [-0.25, -0.2) is 13.2 Å². The lowest BCUT2D eigenvalue weighted by Crippen LogP contribution is -2.49. The molecule has 10 heavy (non-hydrogen) atoms. The first kappa shape index (κ1) is 8.50. The largest absolute Gasteiger partial charge is 0.289 e. The van der Waals surface area contributed by atoms with E-state index in [1.54, 1.807) is 0 Å². The van der Waals surface area contributed by atoms with Crippen LogP contribution in [-0.2, 0) is 0 Å². The van der Waals surface area contributed by atoms with Crippen LogP contribution in [0.25, 0.3) is 0 Å². The minimum Gasteiger partial charge on any atom is -0.214 e. The van der Waals surface area contributed by atoms with E-state index in [0.29, 0.717) is 0 Å². The second kappa shape index (κ2) is 1.96. The van der Waals surface area contributed by atoms with Crippen molar-refractivity contribution in [2.45, 2.75) is 10.3 Å². The highest BCUT2D eigenvalue weighted by Crippen LogP contribution is 2.60. The fourth-order valence-corrected chi connectivity index (χ4v) is 1.20. The summed E-state index contributed by atoms with van der Waals surface area (Å²) in [5, 5.41) is -7.43. The summed E-state index contributed by atoms with van der Waals surface area (Å²) in [6.07, 6.45) is 0. The van der Waals surface area contributed by atoms with E-state index in [1.807, 2.05) is 0 Å². The minimum absolute atomic E-state index is 1.02. The average molecular weight is 211 g/mol. The molecule has 0 heterocycles. The van der Waals surface area contributed by atoms with Crippen molar-refractivity contribution in [2.75, 3.05) is 0 Å². The lowest BCUT2D eigenvalue weighted by molar-refractivity contribution is 0.0935. The Labute approximate surface area is 69.5 Å². The number of hydrogen-bond acceptors (Lipinski definition) is 0. The first-order valence-electron chi connectivity index (χ1n) is 2.13. The van der Waals surface area contributed by atoms with E-state index in [9.17, 15) is 13.2 Å². The predicted molar refractivity (Wildman–Crippen MR) is 33.4 cm³/mol. The average Bonchev–Trinajstić information content (AvgIpc) is 1.84. The molecule has 1 aliphatic carbocycles. The van der Waals surface area contributed by atoms with Crippen molar-refractivity contribution in [3.63, 3.8) is 0 Å². The third-order valence-corrected chi connectivity index (χ3v) is 2.63. The van der Waals surface area contributed by atoms with Gasteiger partial charge in [0.2, 0.25) is 0 Å². The van der Waals surface area contributed by atoms with Gasteiger partial charge in [-0.05, 0) is 0 Å². The molecule has 0 nitrogen and oxygen atoms in total. The molecule has 1 rings (SSSR count). The molecular weight excluding hydrogens is 211 g/mol. The first-order chi connectivity index (χ1) is 4.32. The summed E-state index contributed by atoms with van der Waals surface area (Å²) in [5.74, 6) is -1.56. The molecule has 0 spiro atoms. The van der Waals surface area contributed by atoms with Crippen LogP contribution in [0.4, 0.5) is 13.2 Å². The van der Waals surface area contributed by atoms with Crippen molar-refractivity contribution in [2.24, 2.45) is 0 Å². The van der Waals surface area contributed by atoms with E-state index in [4.69, 9.17) is 23.2 Å². The minimum atomic E-state index is -3.30. The smallest absolute Gasteiger partial charge is 0.214 e. The molecule has 0 radical (unpaired) electrons. The van der Waals surface area contributed by atoms with Gasteiger partial charge in [-0.15, -0.1) is 0 Å². The number of alkyl halides is 4. The molecule has 0 N–H and O–H groups in total. The van der Waals surface area contributed by atoms with Gasteiger partial charge >= 0.3 is 0 Å². The molecule has 0 aromatic carbocycles. The van der Waals surface area contributed by atoms with Crippen LogP contribution in [0.15, 0.2) is 10.9 Å². The zero-order valence-corrected chi connectivity index (χ0v) is 6.54. The summed E-state index contributed by atoms with van der Waals surface area (Å²) < 4.78 is 36.9. The molecule has 0 saturated carbocycles. The highest BCUT2D eigenvalue weighted by atomic mass is 35.5. The molecule has 0 amide bonds. The monoisotopic (exact) mass is 210 g/mol. The number of hydrogen-bond donors (Lipinski definition) is 0. The van der Waals surface area contributed by atoms with Crippen LogP contribution in [0.5, 0.6) is 0 Å². The Bertz CT molecular complexity index is 186. The standard InChI is InChI=1S/C4Cl3F3/c5-1-2(8)4(7,10)3(1,6)9. The predicted octanol–water partition coefficient (Wildman–Crippen LogP) is 3.23. The molecule has 58 valence electrons. The maximum absolute atomic E-state index is 12.5. The van der Waals surface area contributed by atoms with Gasteiger partial charge in [0, 0.05) is 0 Å². The first-order valence-corrected chi connectivity index (χ1v) is 3.27. The lowest BCUT2D eigenvalue weighted by Gasteiger charge is -2.36. The van der Waals surface area contributed by atoms with E-state index in [-0.39, 0.29) is 0 Å². The molecule has 0 fully saturated rings. The van der Waals surface area contributed by atoms with E-state index < -0.39 is 21.1 Å². The zero-order valence-electron chi connectivity index (χ0n) is 4.27. The SMILES string of the molecule is FC1=C(Cl)C(F)(Cl)C1(F)Cl. The van der Waals surface area contributed by atoms with E-state index >= 15 is 0 Å². The van der Waals surface area contributed by atoms with Crippen LogP contribution in [0.2, 0.25) is 0 Å². The second-order valence-corrected chi connectivity index (χ2v) is 3.20. The van der Waals surface area contributed by atoms with Gasteiger partial charge in [-0.1, -0.05) is 34.8 Å². The number of rotatable bonds is 0. The van der Waals surface area contributed by atoms with Gasteiger partial charge < -0.3 is 0 Å². The highest BCUT2D eigenvalue weighted by molar-refractivity contribution is 6.47. The summed E-state index contributed by atoms with van der Waals surface area (Å²) in [7, 11) is 0. The Morgan fingerprint density at radius 2 is 1.50 bits per heavy atom. The van der Waals surface area contributed by atoms with Crippen LogP contribution in [-0.4, -0.2) is 10.3 Å². The molecule has 6 heteroatoms. The Kier molecular flexibility index (Phi) is 1.66. The topological polar surface area (TPSA) is 0 Å². The molecule has 0 saturated heterocycles. The number of allylic oxidation sites excluding steroid dienone is 2. The maximum Gasteiger partial charge on any atom is 0.289 e. The maximum atomic E-state index is 12.5. The van der Waals surface area contributed by atoms with E-state index in [2.05, 4.69) is 11.6 Å². The molecule has 0 bridgehead atoms.